The molecule has 0 saturated carbocycles. The molecule has 0 unspecified atom stereocenters. The molecule has 162 valence electrons. The highest BCUT2D eigenvalue weighted by atomic mass is 16.5. The molecule has 0 atom stereocenters. The van der Waals surface area contributed by atoms with Crippen molar-refractivity contribution < 1.29 is 28.6 Å². The molecule has 1 saturated heterocycles. The lowest BCUT2D eigenvalue weighted by Crippen LogP contribution is -2.26. The maximum absolute atomic E-state index is 12.3. The Kier molecular flexibility index (Phi) is 7.26. The van der Waals surface area contributed by atoms with Gasteiger partial charge in [-0.3, -0.25) is 9.59 Å². The van der Waals surface area contributed by atoms with Crippen LogP contribution in [0.5, 0.6) is 11.5 Å². The van der Waals surface area contributed by atoms with Gasteiger partial charge in [0.15, 0.2) is 18.1 Å². The van der Waals surface area contributed by atoms with Gasteiger partial charge >= 0.3 is 5.97 Å². The van der Waals surface area contributed by atoms with Gasteiger partial charge in [-0.2, -0.15) is 0 Å². The van der Waals surface area contributed by atoms with Crippen LogP contribution >= 0.6 is 0 Å². The van der Waals surface area contributed by atoms with Gasteiger partial charge in [0.2, 0.25) is 5.91 Å². The van der Waals surface area contributed by atoms with Crippen molar-refractivity contribution in [3.8, 4) is 11.5 Å². The fraction of sp³-hybridized carbons (Fsp3) is 0.261. The zero-order valence-corrected chi connectivity index (χ0v) is 17.4. The first-order chi connectivity index (χ1) is 15.0. The molecule has 1 N–H and O–H groups in total. The van der Waals surface area contributed by atoms with Gasteiger partial charge in [-0.1, -0.05) is 24.3 Å². The van der Waals surface area contributed by atoms with Crippen molar-refractivity contribution in [1.82, 2.24) is 0 Å². The van der Waals surface area contributed by atoms with Gasteiger partial charge in [-0.15, -0.1) is 0 Å². The average Bonchev–Trinajstić information content (AvgIpc) is 3.21. The maximum atomic E-state index is 12.3. The number of esters is 1. The summed E-state index contributed by atoms with van der Waals surface area (Å²) in [7, 11) is 3.03. The highest BCUT2D eigenvalue weighted by molar-refractivity contribution is 6.02. The molecule has 2 aromatic carbocycles. The molecule has 2 amide bonds. The summed E-state index contributed by atoms with van der Waals surface area (Å²) in [6.45, 7) is 0.153. The summed E-state index contributed by atoms with van der Waals surface area (Å²) in [5, 5.41) is 2.70. The van der Waals surface area contributed by atoms with E-state index in [4.69, 9.17) is 14.2 Å². The average molecular weight is 424 g/mol. The number of methoxy groups -OCH3 is 2. The molecule has 31 heavy (non-hydrogen) atoms. The number of amides is 2. The normalized spacial score (nSPS) is 13.4. The Bertz CT molecular complexity index is 1000. The number of nitrogens with one attached hydrogen (secondary N) is 1. The zero-order valence-electron chi connectivity index (χ0n) is 17.4. The van der Waals surface area contributed by atoms with E-state index in [-0.39, 0.29) is 5.91 Å². The van der Waals surface area contributed by atoms with Crippen LogP contribution in [0.4, 0.5) is 11.4 Å². The fourth-order valence-corrected chi connectivity index (χ4v) is 3.29. The SMILES string of the molecule is COc1cccc(/C=C/C(=O)OCC(=O)Nc2ccccc2N2CCCC2=O)c1OC. The van der Waals surface area contributed by atoms with Gasteiger partial charge in [0.25, 0.3) is 5.91 Å². The first-order valence-corrected chi connectivity index (χ1v) is 9.78. The van der Waals surface area contributed by atoms with Gasteiger partial charge < -0.3 is 24.4 Å². The summed E-state index contributed by atoms with van der Waals surface area (Å²) in [6.07, 6.45) is 4.00. The molecule has 1 aliphatic rings. The van der Waals surface area contributed by atoms with Crippen LogP contribution < -0.4 is 19.7 Å². The minimum Gasteiger partial charge on any atom is -0.493 e. The lowest BCUT2D eigenvalue weighted by molar-refractivity contribution is -0.142. The molecule has 1 heterocycles. The van der Waals surface area contributed by atoms with Crippen molar-refractivity contribution in [2.45, 2.75) is 12.8 Å². The molecule has 0 bridgehead atoms. The number of anilines is 2. The van der Waals surface area contributed by atoms with Gasteiger partial charge in [-0.25, -0.2) is 4.79 Å². The standard InChI is InChI=1S/C23H24N2O6/c1-29-19-10-5-7-16(23(19)30-2)12-13-22(28)31-15-20(26)24-17-8-3-4-9-18(17)25-14-6-11-21(25)27/h3-5,7-10,12-13H,6,11,14-15H2,1-2H3,(H,24,26)/b13-12+. The van der Waals surface area contributed by atoms with Gasteiger partial charge in [-0.05, 0) is 30.7 Å². The molecule has 0 spiro atoms. The first-order valence-electron chi connectivity index (χ1n) is 9.78. The number of ether oxygens (including phenoxy) is 3. The third-order valence-electron chi connectivity index (χ3n) is 4.72. The van der Waals surface area contributed by atoms with Crippen LogP contribution in [0.15, 0.2) is 48.5 Å². The zero-order chi connectivity index (χ0) is 22.2. The largest absolute Gasteiger partial charge is 0.493 e. The quantitative estimate of drug-likeness (QED) is 0.517. The van der Waals surface area contributed by atoms with Crippen molar-refractivity contribution in [2.24, 2.45) is 0 Å². The van der Waals surface area contributed by atoms with E-state index >= 15 is 0 Å². The van der Waals surface area contributed by atoms with Gasteiger partial charge in [0.1, 0.15) is 0 Å². The Morgan fingerprint density at radius 1 is 1.10 bits per heavy atom. The topological polar surface area (TPSA) is 94.2 Å². The molecule has 0 radical (unpaired) electrons. The van der Waals surface area contributed by atoms with Crippen LogP contribution in [0.1, 0.15) is 18.4 Å². The molecule has 8 heteroatoms. The Morgan fingerprint density at radius 2 is 1.90 bits per heavy atom. The van der Waals surface area contributed by atoms with Gasteiger partial charge in [0.05, 0.1) is 25.6 Å². The number of hydrogen-bond donors (Lipinski definition) is 1. The molecule has 0 aromatic heterocycles. The van der Waals surface area contributed by atoms with Crippen LogP contribution in [0, 0.1) is 0 Å². The molecule has 2 aromatic rings. The Morgan fingerprint density at radius 3 is 2.61 bits per heavy atom. The van der Waals surface area contributed by atoms with Crippen molar-refractivity contribution in [3.63, 3.8) is 0 Å². The highest BCUT2D eigenvalue weighted by Crippen LogP contribution is 2.31. The van der Waals surface area contributed by atoms with E-state index in [1.807, 2.05) is 0 Å². The van der Waals surface area contributed by atoms with Gasteiger partial charge in [0, 0.05) is 24.6 Å². The van der Waals surface area contributed by atoms with Crippen molar-refractivity contribution in [2.75, 3.05) is 37.6 Å². The Hall–Kier alpha value is -3.81. The fourth-order valence-electron chi connectivity index (χ4n) is 3.29. The Labute approximate surface area is 180 Å². The van der Waals surface area contributed by atoms with Crippen LogP contribution in [0.3, 0.4) is 0 Å². The second-order valence-electron chi connectivity index (χ2n) is 6.74. The predicted molar refractivity (Wildman–Crippen MR) is 116 cm³/mol. The lowest BCUT2D eigenvalue weighted by Gasteiger charge is -2.19. The minimum absolute atomic E-state index is 0.0197. The smallest absolute Gasteiger partial charge is 0.331 e. The monoisotopic (exact) mass is 424 g/mol. The number of carbonyl (C=O) groups excluding carboxylic acids is 3. The van der Waals surface area contributed by atoms with Crippen LogP contribution in [-0.4, -0.2) is 45.2 Å². The number of nitrogens with zero attached hydrogens (tertiary/aromatic N) is 1. The molecular formula is C23H24N2O6. The van der Waals surface area contributed by atoms with E-state index in [9.17, 15) is 14.4 Å². The summed E-state index contributed by atoms with van der Waals surface area (Å²) >= 11 is 0. The molecule has 1 fully saturated rings. The van der Waals surface area contributed by atoms with E-state index in [1.165, 1.54) is 26.4 Å². The second kappa shape index (κ2) is 10.3. The van der Waals surface area contributed by atoms with E-state index in [1.54, 1.807) is 47.4 Å². The number of carbonyl (C=O) groups is 3. The number of hydrogen-bond acceptors (Lipinski definition) is 6. The highest BCUT2D eigenvalue weighted by Gasteiger charge is 2.24. The third-order valence-corrected chi connectivity index (χ3v) is 4.72. The van der Waals surface area contributed by atoms with E-state index in [0.717, 1.165) is 6.42 Å². The van der Waals surface area contributed by atoms with Crippen LogP contribution in [0.2, 0.25) is 0 Å². The van der Waals surface area contributed by atoms with Crippen LogP contribution in [-0.2, 0) is 19.1 Å². The first kappa shape index (κ1) is 21.9. The minimum atomic E-state index is -0.678. The number of para-hydroxylation sites is 3. The molecule has 1 aliphatic heterocycles. The molecule has 0 aliphatic carbocycles. The predicted octanol–water partition coefficient (Wildman–Crippen LogP) is 3.03. The lowest BCUT2D eigenvalue weighted by atomic mass is 10.1. The third kappa shape index (κ3) is 5.42. The summed E-state index contributed by atoms with van der Waals surface area (Å²) < 4.78 is 15.5. The maximum Gasteiger partial charge on any atom is 0.331 e. The second-order valence-corrected chi connectivity index (χ2v) is 6.74. The molecule has 3 rings (SSSR count). The van der Waals surface area contributed by atoms with Crippen molar-refractivity contribution in [3.05, 3.63) is 54.1 Å². The van der Waals surface area contributed by atoms with E-state index in [2.05, 4.69) is 5.32 Å². The molecular weight excluding hydrogens is 400 g/mol. The summed E-state index contributed by atoms with van der Waals surface area (Å²) in [6, 6.07) is 12.3. The summed E-state index contributed by atoms with van der Waals surface area (Å²) in [5.41, 5.74) is 1.76. The number of rotatable bonds is 8. The Balaban J connectivity index is 1.58. The van der Waals surface area contributed by atoms with E-state index < -0.39 is 18.5 Å². The van der Waals surface area contributed by atoms with Crippen molar-refractivity contribution >= 4 is 35.2 Å². The van der Waals surface area contributed by atoms with E-state index in [0.29, 0.717) is 41.4 Å². The molecule has 8 nitrogen and oxygen atoms in total. The van der Waals surface area contributed by atoms with Crippen LogP contribution in [0.25, 0.3) is 6.08 Å². The summed E-state index contributed by atoms with van der Waals surface area (Å²) in [5.74, 6) is -0.138. The summed E-state index contributed by atoms with van der Waals surface area (Å²) in [4.78, 5) is 38.0. The number of benzene rings is 2. The van der Waals surface area contributed by atoms with Crippen molar-refractivity contribution in [1.29, 1.82) is 0 Å².